The van der Waals surface area contributed by atoms with Crippen LogP contribution in [0.15, 0.2) is 0 Å². The van der Waals surface area contributed by atoms with E-state index in [2.05, 4.69) is 48.5 Å². The molecular weight excluding hydrogens is 238 g/mol. The Hall–Kier alpha value is 0.440. The van der Waals surface area contributed by atoms with Crippen LogP contribution >= 0.6 is 15.9 Å². The topological polar surface area (TPSA) is 3.24 Å². The Labute approximate surface area is 97.4 Å². The fourth-order valence-electron chi connectivity index (χ4n) is 2.39. The molecule has 0 aromatic carbocycles. The average molecular weight is 262 g/mol. The van der Waals surface area contributed by atoms with Crippen LogP contribution in [-0.4, -0.2) is 28.9 Å². The van der Waals surface area contributed by atoms with Crippen LogP contribution in [0.25, 0.3) is 0 Å². The number of rotatable bonds is 4. The first kappa shape index (κ1) is 12.5. The fraction of sp³-hybridized carbons (Fsp3) is 1.00. The van der Waals surface area contributed by atoms with Gasteiger partial charge in [0.25, 0.3) is 0 Å². The molecule has 1 nitrogen and oxygen atoms in total. The molecule has 2 atom stereocenters. The second-order valence-corrected chi connectivity index (χ2v) is 6.02. The van der Waals surface area contributed by atoms with Crippen LogP contribution in [0, 0.1) is 5.41 Å². The highest BCUT2D eigenvalue weighted by Gasteiger charge is 2.32. The van der Waals surface area contributed by atoms with Crippen LogP contribution in [0.2, 0.25) is 0 Å². The molecule has 1 heterocycles. The van der Waals surface area contributed by atoms with Crippen molar-refractivity contribution in [1.29, 1.82) is 0 Å². The van der Waals surface area contributed by atoms with Gasteiger partial charge in [-0.1, -0.05) is 36.7 Å². The fourth-order valence-corrected chi connectivity index (χ4v) is 2.56. The Balaban J connectivity index is 2.56. The SMILES string of the molecule is CCC1CCC(C)N1CC(C)(C)CBr. The molecule has 1 aliphatic heterocycles. The van der Waals surface area contributed by atoms with Crippen molar-refractivity contribution >= 4 is 15.9 Å². The van der Waals surface area contributed by atoms with Gasteiger partial charge >= 0.3 is 0 Å². The smallest absolute Gasteiger partial charge is 0.00962 e. The van der Waals surface area contributed by atoms with Crippen molar-refractivity contribution in [3.63, 3.8) is 0 Å². The third kappa shape index (κ3) is 2.96. The average Bonchev–Trinajstić information content (AvgIpc) is 2.48. The summed E-state index contributed by atoms with van der Waals surface area (Å²) in [6, 6.07) is 1.63. The lowest BCUT2D eigenvalue weighted by Gasteiger charge is -2.35. The second kappa shape index (κ2) is 4.98. The molecule has 0 aromatic rings. The lowest BCUT2D eigenvalue weighted by atomic mass is 9.95. The van der Waals surface area contributed by atoms with E-state index in [1.54, 1.807) is 0 Å². The zero-order valence-electron chi connectivity index (χ0n) is 10.0. The standard InChI is InChI=1S/C12H24BrN/c1-5-11-7-6-10(2)14(11)9-12(3,4)8-13/h10-11H,5-9H2,1-4H3. The molecule has 0 aromatic heterocycles. The number of hydrogen-bond donors (Lipinski definition) is 0. The zero-order chi connectivity index (χ0) is 10.8. The lowest BCUT2D eigenvalue weighted by Crippen LogP contribution is -2.41. The number of nitrogens with zero attached hydrogens (tertiary/aromatic N) is 1. The van der Waals surface area contributed by atoms with E-state index >= 15 is 0 Å². The van der Waals surface area contributed by atoms with E-state index in [0.29, 0.717) is 5.41 Å². The van der Waals surface area contributed by atoms with E-state index in [-0.39, 0.29) is 0 Å². The number of hydrogen-bond acceptors (Lipinski definition) is 1. The van der Waals surface area contributed by atoms with E-state index in [0.717, 1.165) is 17.4 Å². The molecule has 0 aliphatic carbocycles. The highest BCUT2D eigenvalue weighted by molar-refractivity contribution is 9.09. The quantitative estimate of drug-likeness (QED) is 0.699. The van der Waals surface area contributed by atoms with Crippen molar-refractivity contribution in [1.82, 2.24) is 4.90 Å². The molecule has 0 bridgehead atoms. The maximum atomic E-state index is 3.61. The van der Waals surface area contributed by atoms with Crippen LogP contribution in [0.5, 0.6) is 0 Å². The van der Waals surface area contributed by atoms with Crippen LogP contribution in [0.1, 0.15) is 47.0 Å². The first-order valence-electron chi connectivity index (χ1n) is 5.82. The summed E-state index contributed by atoms with van der Waals surface area (Å²) in [7, 11) is 0. The minimum absolute atomic E-state index is 0.409. The van der Waals surface area contributed by atoms with Crippen molar-refractivity contribution in [2.45, 2.75) is 59.0 Å². The Morgan fingerprint density at radius 1 is 1.36 bits per heavy atom. The summed E-state index contributed by atoms with van der Waals surface area (Å²) in [6.07, 6.45) is 4.09. The van der Waals surface area contributed by atoms with Crippen LogP contribution < -0.4 is 0 Å². The first-order valence-corrected chi connectivity index (χ1v) is 6.94. The van der Waals surface area contributed by atoms with E-state index in [1.165, 1.54) is 25.8 Å². The number of halogens is 1. The minimum Gasteiger partial charge on any atom is -0.297 e. The molecule has 0 N–H and O–H groups in total. The van der Waals surface area contributed by atoms with E-state index in [1.807, 2.05) is 0 Å². The molecule has 2 heteroatoms. The summed E-state index contributed by atoms with van der Waals surface area (Å²) >= 11 is 3.61. The van der Waals surface area contributed by atoms with Crippen LogP contribution in [0.3, 0.4) is 0 Å². The zero-order valence-corrected chi connectivity index (χ0v) is 11.6. The summed E-state index contributed by atoms with van der Waals surface area (Å²) in [6.45, 7) is 10.6. The van der Waals surface area contributed by atoms with Gasteiger partial charge in [-0.2, -0.15) is 0 Å². The predicted octanol–water partition coefficient (Wildman–Crippen LogP) is 3.67. The molecule has 1 saturated heterocycles. The summed E-state index contributed by atoms with van der Waals surface area (Å²) in [5.74, 6) is 0. The number of alkyl halides is 1. The summed E-state index contributed by atoms with van der Waals surface area (Å²) < 4.78 is 0. The largest absolute Gasteiger partial charge is 0.297 e. The van der Waals surface area contributed by atoms with Gasteiger partial charge < -0.3 is 0 Å². The minimum atomic E-state index is 0.409. The maximum absolute atomic E-state index is 3.61. The summed E-state index contributed by atoms with van der Waals surface area (Å²) in [5, 5.41) is 1.10. The lowest BCUT2D eigenvalue weighted by molar-refractivity contribution is 0.141. The monoisotopic (exact) mass is 261 g/mol. The van der Waals surface area contributed by atoms with Gasteiger partial charge in [0.15, 0.2) is 0 Å². The molecule has 0 saturated carbocycles. The van der Waals surface area contributed by atoms with E-state index in [9.17, 15) is 0 Å². The summed E-state index contributed by atoms with van der Waals surface area (Å²) in [4.78, 5) is 2.71. The Kier molecular flexibility index (Phi) is 4.45. The molecule has 2 unspecified atom stereocenters. The maximum Gasteiger partial charge on any atom is 0.00962 e. The number of likely N-dealkylation sites (tertiary alicyclic amines) is 1. The second-order valence-electron chi connectivity index (χ2n) is 5.46. The highest BCUT2D eigenvalue weighted by Crippen LogP contribution is 2.30. The first-order chi connectivity index (χ1) is 6.50. The Morgan fingerprint density at radius 2 is 2.00 bits per heavy atom. The van der Waals surface area contributed by atoms with Crippen molar-refractivity contribution in [2.24, 2.45) is 5.41 Å². The molecule has 84 valence electrons. The molecule has 0 radical (unpaired) electrons. The van der Waals surface area contributed by atoms with Gasteiger partial charge in [0.2, 0.25) is 0 Å². The van der Waals surface area contributed by atoms with Gasteiger partial charge in [0.05, 0.1) is 0 Å². The van der Waals surface area contributed by atoms with E-state index in [4.69, 9.17) is 0 Å². The molecule has 14 heavy (non-hydrogen) atoms. The molecule has 1 fully saturated rings. The molecule has 0 spiro atoms. The van der Waals surface area contributed by atoms with Gasteiger partial charge in [-0.25, -0.2) is 0 Å². The van der Waals surface area contributed by atoms with Crippen LogP contribution in [0.4, 0.5) is 0 Å². The van der Waals surface area contributed by atoms with Gasteiger partial charge in [-0.15, -0.1) is 0 Å². The molecule has 1 aliphatic rings. The third-order valence-corrected chi connectivity index (χ3v) is 4.91. The van der Waals surface area contributed by atoms with Gasteiger partial charge in [-0.05, 0) is 31.6 Å². The van der Waals surface area contributed by atoms with Crippen molar-refractivity contribution in [3.8, 4) is 0 Å². The Bertz CT molecular complexity index is 179. The van der Waals surface area contributed by atoms with Gasteiger partial charge in [-0.3, -0.25) is 4.90 Å². The summed E-state index contributed by atoms with van der Waals surface area (Å²) in [5.41, 5.74) is 0.409. The third-order valence-electron chi connectivity index (χ3n) is 3.40. The van der Waals surface area contributed by atoms with Crippen molar-refractivity contribution in [3.05, 3.63) is 0 Å². The van der Waals surface area contributed by atoms with Crippen LogP contribution in [-0.2, 0) is 0 Å². The van der Waals surface area contributed by atoms with Gasteiger partial charge in [0.1, 0.15) is 0 Å². The Morgan fingerprint density at radius 3 is 2.50 bits per heavy atom. The predicted molar refractivity (Wildman–Crippen MR) is 67.1 cm³/mol. The highest BCUT2D eigenvalue weighted by atomic mass is 79.9. The van der Waals surface area contributed by atoms with E-state index < -0.39 is 0 Å². The molecule has 0 amide bonds. The molecule has 1 rings (SSSR count). The normalized spacial score (nSPS) is 29.8. The van der Waals surface area contributed by atoms with Crippen molar-refractivity contribution < 1.29 is 0 Å². The molecular formula is C12H24BrN. The van der Waals surface area contributed by atoms with Crippen molar-refractivity contribution in [2.75, 3.05) is 11.9 Å². The van der Waals surface area contributed by atoms with Gasteiger partial charge in [0, 0.05) is 24.0 Å².